The van der Waals surface area contributed by atoms with Crippen LogP contribution in [0.5, 0.6) is 0 Å². The van der Waals surface area contributed by atoms with Crippen LogP contribution in [-0.4, -0.2) is 193 Å². The zero-order chi connectivity index (χ0) is 83.8. The molecule has 0 aromatic rings. The second kappa shape index (κ2) is 75.9. The minimum atomic E-state index is -1.99. The molecule has 678 valence electrons. The number of unbranched alkanes of at least 4 members (excludes halogenated alkanes) is 53. The molecule has 12 N–H and O–H groups in total. The highest BCUT2D eigenvalue weighted by Gasteiger charge is 2.54. The molecule has 1 amide bonds. The second-order valence-corrected chi connectivity index (χ2v) is 34.2. The first-order valence-corrected chi connectivity index (χ1v) is 48.2. The van der Waals surface area contributed by atoms with E-state index in [2.05, 4.69) is 79.9 Å². The van der Waals surface area contributed by atoms with Gasteiger partial charge in [0.15, 0.2) is 18.9 Å². The Morgan fingerprint density at radius 2 is 0.578 bits per heavy atom. The summed E-state index contributed by atoms with van der Waals surface area (Å²) in [6, 6.07) is -1.00. The average molecular weight is 1650 g/mol. The maximum Gasteiger partial charge on any atom is 0.220 e. The van der Waals surface area contributed by atoms with Crippen molar-refractivity contribution in [2.75, 3.05) is 26.4 Å². The van der Waals surface area contributed by atoms with Crippen molar-refractivity contribution in [3.8, 4) is 0 Å². The Hall–Kier alpha value is -2.77. The van der Waals surface area contributed by atoms with Gasteiger partial charge in [-0.2, -0.15) is 0 Å². The molecule has 17 unspecified atom stereocenters. The van der Waals surface area contributed by atoms with Crippen molar-refractivity contribution in [2.45, 2.75) is 510 Å². The molecule has 3 aliphatic rings. The normalized spacial score (nSPS) is 24.8. The maximum atomic E-state index is 13.5. The Kier molecular flexibility index (Phi) is 70.3. The molecule has 0 aromatic heterocycles. The van der Waals surface area contributed by atoms with Crippen LogP contribution in [-0.2, 0) is 33.2 Å². The summed E-state index contributed by atoms with van der Waals surface area (Å²) in [4.78, 5) is 13.5. The number of carbonyl (C=O) groups excluding carboxylic acids is 1. The summed E-state index contributed by atoms with van der Waals surface area (Å²) in [7, 11) is 0. The fraction of sp³-hybridized carbons (Fsp3) is 0.866. The Balaban J connectivity index is 1.31. The lowest BCUT2D eigenvalue weighted by Crippen LogP contribution is -2.66. The number of rotatable bonds is 79. The molecule has 0 bridgehead atoms. The van der Waals surface area contributed by atoms with E-state index in [4.69, 9.17) is 28.4 Å². The summed E-state index contributed by atoms with van der Waals surface area (Å²) in [5, 5.41) is 121. The second-order valence-electron chi connectivity index (χ2n) is 34.2. The number of hydrogen-bond donors (Lipinski definition) is 12. The Labute approximate surface area is 706 Å². The average Bonchev–Trinajstić information content (AvgIpc) is 0.779. The van der Waals surface area contributed by atoms with Gasteiger partial charge in [0.25, 0.3) is 0 Å². The summed E-state index contributed by atoms with van der Waals surface area (Å²) < 4.78 is 34.5. The van der Waals surface area contributed by atoms with E-state index in [1.54, 1.807) is 6.08 Å². The molecule has 3 fully saturated rings. The number of carbonyl (C=O) groups is 1. The van der Waals surface area contributed by atoms with Crippen molar-refractivity contribution in [2.24, 2.45) is 0 Å². The molecule has 0 spiro atoms. The zero-order valence-corrected chi connectivity index (χ0v) is 73.5. The van der Waals surface area contributed by atoms with Crippen molar-refractivity contribution < 1.29 is 89.4 Å². The molecule has 0 saturated carbocycles. The monoisotopic (exact) mass is 1640 g/mol. The van der Waals surface area contributed by atoms with Gasteiger partial charge in [0.05, 0.1) is 38.6 Å². The molecule has 19 heteroatoms. The predicted octanol–water partition coefficient (Wildman–Crippen LogP) is 19.5. The van der Waals surface area contributed by atoms with Crippen LogP contribution in [0.2, 0.25) is 0 Å². The maximum absolute atomic E-state index is 13.5. The third-order valence-electron chi connectivity index (χ3n) is 23.7. The molecule has 17 atom stereocenters. The van der Waals surface area contributed by atoms with Crippen LogP contribution in [0.1, 0.15) is 406 Å². The number of aliphatic hydroxyl groups excluding tert-OH is 11. The van der Waals surface area contributed by atoms with Gasteiger partial charge in [-0.15, -0.1) is 0 Å². The molecule has 0 aliphatic carbocycles. The zero-order valence-electron chi connectivity index (χ0n) is 73.5. The van der Waals surface area contributed by atoms with Crippen LogP contribution >= 0.6 is 0 Å². The van der Waals surface area contributed by atoms with Crippen LogP contribution < -0.4 is 5.32 Å². The van der Waals surface area contributed by atoms with Crippen molar-refractivity contribution in [3.05, 3.63) is 72.9 Å². The summed E-state index contributed by atoms with van der Waals surface area (Å²) >= 11 is 0. The summed E-state index contributed by atoms with van der Waals surface area (Å²) in [5.74, 6) is -0.283. The van der Waals surface area contributed by atoms with Gasteiger partial charge in [-0.1, -0.05) is 389 Å². The molecule has 116 heavy (non-hydrogen) atoms. The highest BCUT2D eigenvalue weighted by Crippen LogP contribution is 2.34. The van der Waals surface area contributed by atoms with Gasteiger partial charge in [0.2, 0.25) is 5.91 Å². The van der Waals surface area contributed by atoms with Crippen LogP contribution in [0.25, 0.3) is 0 Å². The Bertz CT molecular complexity index is 2370. The van der Waals surface area contributed by atoms with Crippen LogP contribution in [0.15, 0.2) is 72.9 Å². The Morgan fingerprint density at radius 3 is 0.922 bits per heavy atom. The fourth-order valence-corrected chi connectivity index (χ4v) is 16.1. The molecule has 0 aromatic carbocycles. The van der Waals surface area contributed by atoms with Gasteiger partial charge in [-0.3, -0.25) is 4.79 Å². The summed E-state index contributed by atoms with van der Waals surface area (Å²) in [6.45, 7) is 1.76. The van der Waals surface area contributed by atoms with E-state index in [0.29, 0.717) is 12.8 Å². The van der Waals surface area contributed by atoms with Crippen molar-refractivity contribution in [1.82, 2.24) is 5.32 Å². The van der Waals surface area contributed by atoms with E-state index in [0.717, 1.165) is 57.8 Å². The van der Waals surface area contributed by atoms with Crippen LogP contribution in [0.4, 0.5) is 0 Å². The number of hydrogen-bond acceptors (Lipinski definition) is 18. The summed E-state index contributed by atoms with van der Waals surface area (Å²) in [5.41, 5.74) is 0. The van der Waals surface area contributed by atoms with Gasteiger partial charge in [0.1, 0.15) is 73.2 Å². The smallest absolute Gasteiger partial charge is 0.220 e. The minimum Gasteiger partial charge on any atom is -0.394 e. The van der Waals surface area contributed by atoms with Crippen LogP contribution in [0, 0.1) is 0 Å². The van der Waals surface area contributed by atoms with E-state index in [1.807, 2.05) is 6.08 Å². The van der Waals surface area contributed by atoms with Gasteiger partial charge < -0.3 is 89.9 Å². The van der Waals surface area contributed by atoms with Crippen LogP contribution in [0.3, 0.4) is 0 Å². The largest absolute Gasteiger partial charge is 0.394 e. The number of amides is 1. The highest BCUT2D eigenvalue weighted by atomic mass is 16.8. The van der Waals surface area contributed by atoms with E-state index in [-0.39, 0.29) is 18.9 Å². The highest BCUT2D eigenvalue weighted by molar-refractivity contribution is 5.76. The van der Waals surface area contributed by atoms with E-state index >= 15 is 0 Å². The van der Waals surface area contributed by atoms with Gasteiger partial charge in [-0.05, 0) is 83.5 Å². The fourth-order valence-electron chi connectivity index (χ4n) is 16.1. The predicted molar refractivity (Wildman–Crippen MR) is 471 cm³/mol. The first kappa shape index (κ1) is 107. The summed E-state index contributed by atoms with van der Waals surface area (Å²) in [6.07, 6.45) is 76.5. The van der Waals surface area contributed by atoms with Gasteiger partial charge in [0, 0.05) is 6.42 Å². The van der Waals surface area contributed by atoms with E-state index < -0.39 is 124 Å². The minimum absolute atomic E-state index is 0.234. The molecule has 3 aliphatic heterocycles. The lowest BCUT2D eigenvalue weighted by molar-refractivity contribution is -0.379. The molecule has 3 heterocycles. The van der Waals surface area contributed by atoms with E-state index in [9.17, 15) is 61.0 Å². The number of aliphatic hydroxyl groups is 11. The molecule has 3 saturated heterocycles. The van der Waals surface area contributed by atoms with Crippen molar-refractivity contribution in [1.29, 1.82) is 0 Å². The van der Waals surface area contributed by atoms with Gasteiger partial charge >= 0.3 is 0 Å². The number of nitrogens with one attached hydrogen (secondary N) is 1. The lowest BCUT2D eigenvalue weighted by Gasteiger charge is -2.48. The number of allylic oxidation sites excluding steroid dienone is 11. The third kappa shape index (κ3) is 53.3. The standard InChI is InChI=1S/C97H177NO18/c1-3-5-7-9-11-13-15-17-19-21-23-25-27-29-31-33-35-37-38-39-40-41-42-43-45-47-49-51-53-55-57-59-61-63-65-67-69-71-73-75-85(103)98-80(81(102)74-72-70-68-66-64-62-60-58-56-54-52-50-48-46-44-36-34-32-30-28-26-24-22-20-18-16-14-12-10-8-6-4-2)79-111-95-91(109)88(106)93(83(77-100)113-95)116-97-92(110)89(107)94(84(78-101)114-97)115-96-90(108)87(105)86(104)82(76-99)112-96/h15,17,21,23,27,29,56,58,64,66,72,74,80-84,86-97,99-102,104-110H,3-14,16,18-20,22,24-26,28,30-55,57,59-63,65,67-71,73,75-79H2,1-2H3,(H,98,103)/b17-15-,23-21-,29-27-,58-56+,66-64+,74-72+. The molecule has 19 nitrogen and oxygen atoms in total. The lowest BCUT2D eigenvalue weighted by atomic mass is 9.96. The molecular formula is C97H177NO18. The molecule has 3 rings (SSSR count). The SMILES string of the molecule is CCCCCCC/C=C\C/C=C\C/C=C\CCCCCCCCCCCCCCCCCCCCCCCCCCC(=O)NC(COC1OC(CO)C(OC2OC(CO)C(OC3OC(CO)C(O)C(O)C3O)C(O)C2O)C(O)C1O)C(O)/C=C/CC/C=C/CC/C=C/CCCCCCCCCCCCCCCCCCCCCCCC. The number of ether oxygens (including phenoxy) is 6. The van der Waals surface area contributed by atoms with Gasteiger partial charge in [-0.25, -0.2) is 0 Å². The quantitative estimate of drug-likeness (QED) is 0.0199. The third-order valence-corrected chi connectivity index (χ3v) is 23.7. The topological polar surface area (TPSA) is 307 Å². The van der Waals surface area contributed by atoms with E-state index in [1.165, 1.54) is 315 Å². The molecular weight excluding hydrogens is 1470 g/mol. The Morgan fingerprint density at radius 1 is 0.310 bits per heavy atom. The first-order chi connectivity index (χ1) is 56.8. The van der Waals surface area contributed by atoms with Crippen molar-refractivity contribution in [3.63, 3.8) is 0 Å². The molecule has 0 radical (unpaired) electrons. The first-order valence-electron chi connectivity index (χ1n) is 48.2. The van der Waals surface area contributed by atoms with Crippen molar-refractivity contribution >= 4 is 5.91 Å².